The van der Waals surface area contributed by atoms with Crippen molar-refractivity contribution in [2.24, 2.45) is 0 Å². The molecule has 0 unspecified atom stereocenters. The van der Waals surface area contributed by atoms with Crippen molar-refractivity contribution in [3.05, 3.63) is 58.1 Å². The van der Waals surface area contributed by atoms with E-state index in [4.69, 9.17) is 4.74 Å². The molecule has 30 heavy (non-hydrogen) atoms. The Kier molecular flexibility index (Phi) is 6.14. The number of hydrogen-bond acceptors (Lipinski definition) is 8. The molecular weight excluding hydrogens is 422 g/mol. The minimum absolute atomic E-state index is 0.135. The number of aromatic nitrogens is 4. The maximum atomic E-state index is 13.0. The van der Waals surface area contributed by atoms with Gasteiger partial charge in [-0.25, -0.2) is 9.78 Å². The van der Waals surface area contributed by atoms with E-state index in [9.17, 15) is 9.59 Å². The number of thioether (sulfide) groups is 1. The molecule has 0 saturated carbocycles. The molecule has 3 aromatic rings. The summed E-state index contributed by atoms with van der Waals surface area (Å²) >= 11 is 2.97. The van der Waals surface area contributed by atoms with Gasteiger partial charge in [0.25, 0.3) is 5.91 Å². The van der Waals surface area contributed by atoms with Gasteiger partial charge < -0.3 is 9.64 Å². The van der Waals surface area contributed by atoms with Gasteiger partial charge >= 0.3 is 5.97 Å². The molecule has 10 heteroatoms. The summed E-state index contributed by atoms with van der Waals surface area (Å²) in [5, 5.41) is 6.32. The number of thiazole rings is 1. The highest BCUT2D eigenvalue weighted by molar-refractivity contribution is 8.00. The Morgan fingerprint density at radius 1 is 1.33 bits per heavy atom. The van der Waals surface area contributed by atoms with Gasteiger partial charge in [0.1, 0.15) is 10.0 Å². The number of esters is 1. The van der Waals surface area contributed by atoms with E-state index in [-0.39, 0.29) is 18.2 Å². The summed E-state index contributed by atoms with van der Waals surface area (Å²) in [6.07, 6.45) is 4.26. The van der Waals surface area contributed by atoms with Crippen molar-refractivity contribution in [3.63, 3.8) is 0 Å². The second-order valence-corrected chi connectivity index (χ2v) is 8.56. The van der Waals surface area contributed by atoms with Crippen LogP contribution in [0.25, 0.3) is 0 Å². The van der Waals surface area contributed by atoms with E-state index in [1.165, 1.54) is 23.1 Å². The van der Waals surface area contributed by atoms with Gasteiger partial charge in [0, 0.05) is 35.8 Å². The predicted molar refractivity (Wildman–Crippen MR) is 114 cm³/mol. The first-order valence-electron chi connectivity index (χ1n) is 9.55. The fraction of sp³-hybridized carbons (Fsp3) is 0.350. The van der Waals surface area contributed by atoms with E-state index >= 15 is 0 Å². The number of ether oxygens (including phenoxy) is 1. The molecule has 0 atom stereocenters. The summed E-state index contributed by atoms with van der Waals surface area (Å²) in [6, 6.07) is 5.69. The smallest absolute Gasteiger partial charge is 0.359 e. The van der Waals surface area contributed by atoms with Crippen LogP contribution in [0.2, 0.25) is 0 Å². The fourth-order valence-corrected chi connectivity index (χ4v) is 4.65. The molecular formula is C20H21N5O3S2. The molecule has 1 aliphatic heterocycles. The third kappa shape index (κ3) is 4.10. The number of hydrogen-bond donors (Lipinski definition) is 0. The Hall–Kier alpha value is -2.72. The summed E-state index contributed by atoms with van der Waals surface area (Å²) in [7, 11) is 0. The lowest BCUT2D eigenvalue weighted by atomic mass is 10.0. The zero-order valence-corrected chi connectivity index (χ0v) is 18.3. The van der Waals surface area contributed by atoms with E-state index in [1.54, 1.807) is 28.1 Å². The normalized spacial score (nSPS) is 13.2. The second kappa shape index (κ2) is 8.97. The van der Waals surface area contributed by atoms with Gasteiger partial charge in [-0.1, -0.05) is 17.8 Å². The van der Waals surface area contributed by atoms with Gasteiger partial charge in [-0.15, -0.1) is 11.3 Å². The molecule has 0 radical (unpaired) electrons. The highest BCUT2D eigenvalue weighted by atomic mass is 32.2. The Morgan fingerprint density at radius 2 is 2.20 bits per heavy atom. The number of carbonyl (C=O) groups excluding carboxylic acids is 2. The van der Waals surface area contributed by atoms with E-state index in [2.05, 4.69) is 15.1 Å². The van der Waals surface area contributed by atoms with Crippen LogP contribution in [0.4, 0.5) is 0 Å². The monoisotopic (exact) mass is 443 g/mol. The number of pyridine rings is 1. The van der Waals surface area contributed by atoms with E-state index in [1.807, 2.05) is 24.5 Å². The van der Waals surface area contributed by atoms with Crippen LogP contribution in [0.3, 0.4) is 0 Å². The molecule has 0 spiro atoms. The number of fused-ring (bicyclic) bond motifs is 1. The minimum Gasteiger partial charge on any atom is -0.461 e. The highest BCUT2D eigenvalue weighted by Crippen LogP contribution is 2.27. The first-order chi connectivity index (χ1) is 14.6. The van der Waals surface area contributed by atoms with Crippen LogP contribution in [0, 0.1) is 0 Å². The van der Waals surface area contributed by atoms with Gasteiger partial charge in [-0.05, 0) is 25.3 Å². The summed E-state index contributed by atoms with van der Waals surface area (Å²) in [5.41, 5.74) is 3.23. The summed E-state index contributed by atoms with van der Waals surface area (Å²) in [4.78, 5) is 35.9. The number of rotatable bonds is 6. The van der Waals surface area contributed by atoms with Gasteiger partial charge in [-0.3, -0.25) is 14.5 Å². The number of amides is 1. The minimum atomic E-state index is -0.471. The molecule has 4 rings (SSSR count). The Bertz CT molecular complexity index is 1060. The van der Waals surface area contributed by atoms with Crippen LogP contribution in [-0.2, 0) is 24.2 Å². The summed E-state index contributed by atoms with van der Waals surface area (Å²) in [5.74, 6) is -0.606. The zero-order valence-electron chi connectivity index (χ0n) is 16.7. The van der Waals surface area contributed by atoms with Crippen LogP contribution in [0.5, 0.6) is 0 Å². The predicted octanol–water partition coefficient (Wildman–Crippen LogP) is 2.88. The van der Waals surface area contributed by atoms with Crippen LogP contribution in [0.15, 0.2) is 34.1 Å². The summed E-state index contributed by atoms with van der Waals surface area (Å²) in [6.45, 7) is 3.32. The molecule has 0 bridgehead atoms. The highest BCUT2D eigenvalue weighted by Gasteiger charge is 2.31. The van der Waals surface area contributed by atoms with Crippen molar-refractivity contribution in [2.45, 2.75) is 30.8 Å². The first kappa shape index (κ1) is 20.5. The average Bonchev–Trinajstić information content (AvgIpc) is 3.39. The molecule has 3 aromatic heterocycles. The Labute approximate surface area is 182 Å². The quantitative estimate of drug-likeness (QED) is 0.427. The second-order valence-electron chi connectivity index (χ2n) is 6.65. The van der Waals surface area contributed by atoms with Crippen molar-refractivity contribution in [1.29, 1.82) is 0 Å². The zero-order chi connectivity index (χ0) is 21.1. The number of nitrogens with zero attached hydrogens (tertiary/aromatic N) is 5. The lowest BCUT2D eigenvalue weighted by molar-refractivity contribution is 0.0513. The third-order valence-corrected chi connectivity index (χ3v) is 6.67. The lowest BCUT2D eigenvalue weighted by Gasteiger charge is -2.27. The van der Waals surface area contributed by atoms with E-state index in [0.29, 0.717) is 31.7 Å². The molecule has 0 aliphatic carbocycles. The molecule has 0 saturated heterocycles. The largest absolute Gasteiger partial charge is 0.461 e. The first-order valence-corrected chi connectivity index (χ1v) is 11.7. The van der Waals surface area contributed by atoms with Crippen LogP contribution >= 0.6 is 23.1 Å². The van der Waals surface area contributed by atoms with Gasteiger partial charge in [-0.2, -0.15) is 5.10 Å². The van der Waals surface area contributed by atoms with Crippen LogP contribution in [0.1, 0.15) is 44.9 Å². The van der Waals surface area contributed by atoms with E-state index in [0.717, 1.165) is 21.3 Å². The van der Waals surface area contributed by atoms with E-state index < -0.39 is 5.97 Å². The van der Waals surface area contributed by atoms with Gasteiger partial charge in [0.2, 0.25) is 0 Å². The van der Waals surface area contributed by atoms with Crippen molar-refractivity contribution < 1.29 is 14.3 Å². The average molecular weight is 444 g/mol. The standard InChI is InChI=1S/C20H21N5O3S2/c1-3-28-19(27)17-14-11-24(18(26)15-12-30-20(22-15)29-2)9-7-16(14)25(23-17)10-13-6-4-5-8-21-13/h4-6,8,12H,3,7,9-11H2,1-2H3. The topological polar surface area (TPSA) is 90.2 Å². The molecule has 4 heterocycles. The van der Waals surface area contributed by atoms with Crippen molar-refractivity contribution >= 4 is 35.0 Å². The van der Waals surface area contributed by atoms with Crippen molar-refractivity contribution in [3.8, 4) is 0 Å². The molecule has 0 N–H and O–H groups in total. The maximum absolute atomic E-state index is 13.0. The molecule has 156 valence electrons. The Morgan fingerprint density at radius 3 is 2.90 bits per heavy atom. The lowest BCUT2D eigenvalue weighted by Crippen LogP contribution is -2.37. The van der Waals surface area contributed by atoms with Crippen LogP contribution < -0.4 is 0 Å². The fourth-order valence-electron chi connectivity index (χ4n) is 3.41. The summed E-state index contributed by atoms with van der Waals surface area (Å²) < 4.78 is 7.87. The third-order valence-electron chi connectivity index (χ3n) is 4.80. The van der Waals surface area contributed by atoms with Crippen molar-refractivity contribution in [2.75, 3.05) is 19.4 Å². The maximum Gasteiger partial charge on any atom is 0.359 e. The molecule has 1 aliphatic rings. The molecule has 0 aromatic carbocycles. The SMILES string of the molecule is CCOC(=O)c1nn(Cc2ccccn2)c2c1CN(C(=O)c1csc(SC)n1)CC2. The molecule has 1 amide bonds. The molecule has 8 nitrogen and oxygen atoms in total. The molecule has 0 fully saturated rings. The number of carbonyl (C=O) groups is 2. The van der Waals surface area contributed by atoms with Crippen molar-refractivity contribution in [1.82, 2.24) is 24.6 Å². The van der Waals surface area contributed by atoms with Gasteiger partial charge in [0.15, 0.2) is 5.69 Å². The van der Waals surface area contributed by atoms with Gasteiger partial charge in [0.05, 0.1) is 25.4 Å². The van der Waals surface area contributed by atoms with Crippen LogP contribution in [-0.4, -0.2) is 55.9 Å². The Balaban J connectivity index is 1.64.